The van der Waals surface area contributed by atoms with Crippen molar-refractivity contribution >= 4 is 33.5 Å². The van der Waals surface area contributed by atoms with Gasteiger partial charge in [-0.3, -0.25) is 4.79 Å². The zero-order chi connectivity index (χ0) is 22.7. The van der Waals surface area contributed by atoms with Crippen LogP contribution < -0.4 is 9.47 Å². The van der Waals surface area contributed by atoms with Crippen molar-refractivity contribution < 1.29 is 31.8 Å². The molecule has 0 saturated carbocycles. The molecule has 1 saturated heterocycles. The molecule has 3 aromatic rings. The van der Waals surface area contributed by atoms with E-state index in [1.807, 2.05) is 24.3 Å². The average Bonchev–Trinajstić information content (AvgIpc) is 3.39. The molecule has 5 nitrogen and oxygen atoms in total. The van der Waals surface area contributed by atoms with E-state index in [1.54, 1.807) is 4.90 Å². The molecule has 1 atom stereocenters. The van der Waals surface area contributed by atoms with E-state index in [-0.39, 0.29) is 29.0 Å². The van der Waals surface area contributed by atoms with E-state index in [4.69, 9.17) is 0 Å². The lowest BCUT2D eigenvalue weighted by atomic mass is 10.1. The highest BCUT2D eigenvalue weighted by Gasteiger charge is 2.31. The van der Waals surface area contributed by atoms with E-state index in [2.05, 4.69) is 14.5 Å². The summed E-state index contributed by atoms with van der Waals surface area (Å²) in [7, 11) is 0. The molecule has 168 valence electrons. The summed E-state index contributed by atoms with van der Waals surface area (Å²) in [6, 6.07) is 11.0. The van der Waals surface area contributed by atoms with Gasteiger partial charge in [0.15, 0.2) is 0 Å². The quantitative estimate of drug-likeness (QED) is 0.323. The lowest BCUT2D eigenvalue weighted by Gasteiger charge is -2.21. The first kappa shape index (κ1) is 22.1. The number of hydrogen-bond donors (Lipinski definition) is 0. The molecule has 2 aromatic carbocycles. The van der Waals surface area contributed by atoms with Gasteiger partial charge >= 0.3 is 13.2 Å². The monoisotopic (exact) mass is 466 g/mol. The molecule has 0 unspecified atom stereocenters. The third-order valence-corrected chi connectivity index (χ3v) is 6.10. The second-order valence-electron chi connectivity index (χ2n) is 7.00. The Labute approximate surface area is 184 Å². The number of thiazole rings is 1. The van der Waals surface area contributed by atoms with E-state index < -0.39 is 13.2 Å². The van der Waals surface area contributed by atoms with Crippen LogP contribution in [0.2, 0.25) is 0 Å². The number of amides is 1. The van der Waals surface area contributed by atoms with Gasteiger partial charge in [0.1, 0.15) is 16.5 Å². The number of hydrogen-bond acceptors (Lipinski definition) is 5. The van der Waals surface area contributed by atoms with Crippen LogP contribution in [0.1, 0.15) is 29.5 Å². The van der Waals surface area contributed by atoms with Gasteiger partial charge in [-0.25, -0.2) is 4.98 Å². The van der Waals surface area contributed by atoms with Crippen molar-refractivity contribution in [1.82, 2.24) is 9.88 Å². The van der Waals surface area contributed by atoms with E-state index in [1.165, 1.54) is 35.6 Å². The molecule has 1 aliphatic rings. The van der Waals surface area contributed by atoms with Crippen LogP contribution in [0.25, 0.3) is 16.3 Å². The number of nitrogens with zero attached hydrogens (tertiary/aromatic N) is 2. The molecular weight excluding hydrogens is 448 g/mol. The van der Waals surface area contributed by atoms with Crippen molar-refractivity contribution in [3.05, 3.63) is 59.1 Å². The zero-order valence-electron chi connectivity index (χ0n) is 16.6. The van der Waals surface area contributed by atoms with Crippen molar-refractivity contribution in [3.8, 4) is 11.5 Å². The molecule has 0 aliphatic carbocycles. The highest BCUT2D eigenvalue weighted by molar-refractivity contribution is 7.18. The van der Waals surface area contributed by atoms with Gasteiger partial charge in [-0.15, -0.1) is 11.3 Å². The van der Waals surface area contributed by atoms with Gasteiger partial charge in [-0.1, -0.05) is 12.1 Å². The van der Waals surface area contributed by atoms with Crippen molar-refractivity contribution in [1.29, 1.82) is 0 Å². The maximum atomic E-state index is 12.9. The summed E-state index contributed by atoms with van der Waals surface area (Å²) in [6.07, 6.45) is 4.17. The third kappa shape index (κ3) is 5.01. The smallest absolute Gasteiger partial charge is 0.387 e. The summed E-state index contributed by atoms with van der Waals surface area (Å²) in [5.41, 5.74) is 1.01. The second-order valence-corrected chi connectivity index (χ2v) is 8.06. The fourth-order valence-corrected chi connectivity index (χ4v) is 4.72. The van der Waals surface area contributed by atoms with Crippen LogP contribution in [0.4, 0.5) is 17.6 Å². The standard InChI is InChI=1S/C22H18F4N2O3S/c23-21(24)30-14-9-7-13(17(12-14)31-22(25)26)8-10-19(29)28-11-3-5-16(28)20-27-15-4-1-2-6-18(15)32-20/h1-2,4,6-10,12,16,21-22H,3,5,11H2/b10-8+/t16-/m1/s1. The Morgan fingerprint density at radius 3 is 2.66 bits per heavy atom. The zero-order valence-corrected chi connectivity index (χ0v) is 17.4. The lowest BCUT2D eigenvalue weighted by molar-refractivity contribution is -0.126. The number of rotatable bonds is 7. The fraction of sp³-hybridized carbons (Fsp3) is 0.273. The molecule has 0 spiro atoms. The number of carbonyl (C=O) groups is 1. The predicted octanol–water partition coefficient (Wildman–Crippen LogP) is 5.88. The van der Waals surface area contributed by atoms with Crippen molar-refractivity contribution in [2.75, 3.05) is 6.54 Å². The summed E-state index contributed by atoms with van der Waals surface area (Å²) in [4.78, 5) is 19.2. The normalized spacial score (nSPS) is 16.6. The number of benzene rings is 2. The van der Waals surface area contributed by atoms with Crippen LogP contribution in [-0.2, 0) is 4.79 Å². The largest absolute Gasteiger partial charge is 0.435 e. The number of carbonyl (C=O) groups excluding carboxylic acids is 1. The number of halogens is 4. The van der Waals surface area contributed by atoms with E-state index in [9.17, 15) is 22.4 Å². The SMILES string of the molecule is O=C(/C=C/c1ccc(OC(F)F)cc1OC(F)F)N1CCC[C@@H]1c1nc2ccccc2s1. The highest BCUT2D eigenvalue weighted by atomic mass is 32.1. The topological polar surface area (TPSA) is 51.7 Å². The van der Waals surface area contributed by atoms with Gasteiger partial charge in [0.05, 0.1) is 16.3 Å². The molecule has 1 aliphatic heterocycles. The average molecular weight is 466 g/mol. The lowest BCUT2D eigenvalue weighted by Crippen LogP contribution is -2.28. The molecule has 1 aromatic heterocycles. The van der Waals surface area contributed by atoms with Gasteiger partial charge < -0.3 is 14.4 Å². The molecule has 0 radical (unpaired) electrons. The van der Waals surface area contributed by atoms with Crippen molar-refractivity contribution in [2.24, 2.45) is 0 Å². The van der Waals surface area contributed by atoms with E-state index in [0.717, 1.165) is 34.1 Å². The maximum absolute atomic E-state index is 12.9. The first-order valence-electron chi connectivity index (χ1n) is 9.78. The minimum atomic E-state index is -3.17. The molecule has 0 bridgehead atoms. The van der Waals surface area contributed by atoms with E-state index >= 15 is 0 Å². The van der Waals surface area contributed by atoms with Gasteiger partial charge in [-0.05, 0) is 43.2 Å². The maximum Gasteiger partial charge on any atom is 0.387 e. The van der Waals surface area contributed by atoms with Crippen LogP contribution in [0.15, 0.2) is 48.5 Å². The van der Waals surface area contributed by atoms with Crippen molar-refractivity contribution in [2.45, 2.75) is 32.1 Å². The molecule has 1 fully saturated rings. The second kappa shape index (κ2) is 9.56. The van der Waals surface area contributed by atoms with Crippen LogP contribution >= 0.6 is 11.3 Å². The number of para-hydroxylation sites is 1. The molecule has 4 rings (SSSR count). The number of ether oxygens (including phenoxy) is 2. The molecule has 1 amide bonds. The summed E-state index contributed by atoms with van der Waals surface area (Å²) < 4.78 is 60.0. The minimum Gasteiger partial charge on any atom is -0.435 e. The van der Waals surface area contributed by atoms with Gasteiger partial charge in [-0.2, -0.15) is 17.6 Å². The number of fused-ring (bicyclic) bond motifs is 1. The van der Waals surface area contributed by atoms with Gasteiger partial charge in [0.25, 0.3) is 0 Å². The molecule has 32 heavy (non-hydrogen) atoms. The summed E-state index contributed by atoms with van der Waals surface area (Å²) >= 11 is 1.54. The Morgan fingerprint density at radius 2 is 1.91 bits per heavy atom. The molecule has 0 N–H and O–H groups in total. The number of likely N-dealkylation sites (tertiary alicyclic amines) is 1. The highest BCUT2D eigenvalue weighted by Crippen LogP contribution is 2.37. The van der Waals surface area contributed by atoms with Crippen LogP contribution in [0.5, 0.6) is 11.5 Å². The molecule has 10 heteroatoms. The Morgan fingerprint density at radius 1 is 1.12 bits per heavy atom. The first-order chi connectivity index (χ1) is 15.4. The van der Waals surface area contributed by atoms with Crippen LogP contribution in [0, 0.1) is 0 Å². The Balaban J connectivity index is 1.54. The van der Waals surface area contributed by atoms with Crippen LogP contribution in [-0.4, -0.2) is 35.6 Å². The third-order valence-electron chi connectivity index (χ3n) is 4.96. The van der Waals surface area contributed by atoms with Crippen molar-refractivity contribution in [3.63, 3.8) is 0 Å². The predicted molar refractivity (Wildman–Crippen MR) is 112 cm³/mol. The van der Waals surface area contributed by atoms with Gasteiger partial charge in [0.2, 0.25) is 5.91 Å². The number of aromatic nitrogens is 1. The Hall–Kier alpha value is -3.14. The summed E-state index contributed by atoms with van der Waals surface area (Å²) in [5, 5.41) is 0.848. The minimum absolute atomic E-state index is 0.135. The van der Waals surface area contributed by atoms with E-state index in [0.29, 0.717) is 6.54 Å². The first-order valence-corrected chi connectivity index (χ1v) is 10.6. The molecule has 2 heterocycles. The Kier molecular flexibility index (Phi) is 6.59. The summed E-state index contributed by atoms with van der Waals surface area (Å²) in [5.74, 6) is -0.997. The van der Waals surface area contributed by atoms with Gasteiger partial charge in [0, 0.05) is 24.3 Å². The summed E-state index contributed by atoms with van der Waals surface area (Å²) in [6.45, 7) is -5.72. The number of alkyl halides is 4. The molecular formula is C22H18F4N2O3S. The Bertz CT molecular complexity index is 1100. The van der Waals surface area contributed by atoms with Crippen LogP contribution in [0.3, 0.4) is 0 Å². The fourth-order valence-electron chi connectivity index (χ4n) is 3.60.